The summed E-state index contributed by atoms with van der Waals surface area (Å²) in [6, 6.07) is 7.02. The van der Waals surface area contributed by atoms with Crippen LogP contribution < -0.4 is 0 Å². The van der Waals surface area contributed by atoms with Gasteiger partial charge in [-0.05, 0) is 62.7 Å². The molecule has 1 atom stereocenters. The average molecular weight is 319 g/mol. The number of carbonyl (C=O) groups is 2. The van der Waals surface area contributed by atoms with Gasteiger partial charge in [0.25, 0.3) is 0 Å². The van der Waals surface area contributed by atoms with Gasteiger partial charge in [-0.1, -0.05) is 0 Å². The zero-order valence-corrected chi connectivity index (χ0v) is 14.4. The summed E-state index contributed by atoms with van der Waals surface area (Å²) in [5.74, 6) is -0.0959. The second kappa shape index (κ2) is 6.08. The number of hydrogen-bond donors (Lipinski definition) is 0. The zero-order valence-electron chi connectivity index (χ0n) is 13.5. The minimum absolute atomic E-state index is 0.0959. The number of ketones is 1. The van der Waals surface area contributed by atoms with Gasteiger partial charge in [-0.25, -0.2) is 4.79 Å². The standard InChI is InChI=1S/C17H21NO3S/c1-11(18(5)16(20)21-17(2,3)4)15(19)13-6-7-14-12(10-13)8-9-22-14/h6-11H,1-5H3/t11-/m0/s1. The Kier molecular flexibility index (Phi) is 4.56. The molecule has 0 saturated carbocycles. The summed E-state index contributed by atoms with van der Waals surface area (Å²) in [5.41, 5.74) is 0.0257. The van der Waals surface area contributed by atoms with Gasteiger partial charge in [0.05, 0.1) is 6.04 Å². The summed E-state index contributed by atoms with van der Waals surface area (Å²) >= 11 is 1.64. The molecule has 0 N–H and O–H groups in total. The topological polar surface area (TPSA) is 46.6 Å². The van der Waals surface area contributed by atoms with Crippen LogP contribution in [0.25, 0.3) is 10.1 Å². The van der Waals surface area contributed by atoms with Crippen molar-refractivity contribution in [1.29, 1.82) is 0 Å². The first-order valence-corrected chi connectivity index (χ1v) is 8.04. The Morgan fingerprint density at radius 1 is 1.23 bits per heavy atom. The van der Waals surface area contributed by atoms with E-state index in [0.717, 1.165) is 10.1 Å². The van der Waals surface area contributed by atoms with Crippen molar-refractivity contribution < 1.29 is 14.3 Å². The third kappa shape index (κ3) is 3.65. The molecule has 1 aromatic heterocycles. The number of likely N-dealkylation sites (N-methyl/N-ethyl adjacent to an activating group) is 1. The first-order valence-electron chi connectivity index (χ1n) is 7.16. The molecule has 0 aliphatic carbocycles. The summed E-state index contributed by atoms with van der Waals surface area (Å²) in [4.78, 5) is 26.0. The highest BCUT2D eigenvalue weighted by molar-refractivity contribution is 7.17. The minimum atomic E-state index is -0.580. The van der Waals surface area contributed by atoms with Crippen molar-refractivity contribution in [2.75, 3.05) is 7.05 Å². The van der Waals surface area contributed by atoms with Crippen LogP contribution in [0.1, 0.15) is 38.1 Å². The van der Waals surface area contributed by atoms with Gasteiger partial charge in [-0.2, -0.15) is 0 Å². The molecule has 0 aliphatic heterocycles. The van der Waals surface area contributed by atoms with Crippen LogP contribution in [-0.2, 0) is 4.74 Å². The van der Waals surface area contributed by atoms with Gasteiger partial charge in [-0.3, -0.25) is 4.79 Å². The van der Waals surface area contributed by atoms with Gasteiger partial charge in [0, 0.05) is 17.3 Å². The number of rotatable bonds is 3. The number of hydrogen-bond acceptors (Lipinski definition) is 4. The highest BCUT2D eigenvalue weighted by atomic mass is 32.1. The van der Waals surface area contributed by atoms with Gasteiger partial charge >= 0.3 is 6.09 Å². The maximum atomic E-state index is 12.6. The maximum Gasteiger partial charge on any atom is 0.410 e. The molecule has 0 fully saturated rings. The molecule has 5 heteroatoms. The van der Waals surface area contributed by atoms with Crippen molar-refractivity contribution in [2.24, 2.45) is 0 Å². The van der Waals surface area contributed by atoms with Crippen LogP contribution in [0.3, 0.4) is 0 Å². The Morgan fingerprint density at radius 3 is 2.55 bits per heavy atom. The van der Waals surface area contributed by atoms with Gasteiger partial charge in [0.2, 0.25) is 0 Å². The van der Waals surface area contributed by atoms with Crippen molar-refractivity contribution in [3.05, 3.63) is 35.2 Å². The molecule has 2 aromatic rings. The van der Waals surface area contributed by atoms with E-state index in [9.17, 15) is 9.59 Å². The fraction of sp³-hybridized carbons (Fsp3) is 0.412. The van der Waals surface area contributed by atoms with Gasteiger partial charge in [-0.15, -0.1) is 11.3 Å². The molecule has 0 bridgehead atoms. The first kappa shape index (κ1) is 16.5. The lowest BCUT2D eigenvalue weighted by atomic mass is 10.0. The predicted octanol–water partition coefficient (Wildman–Crippen LogP) is 4.34. The summed E-state index contributed by atoms with van der Waals surface area (Å²) in [5, 5.41) is 3.04. The summed E-state index contributed by atoms with van der Waals surface area (Å²) in [7, 11) is 1.58. The number of thiophene rings is 1. The molecule has 22 heavy (non-hydrogen) atoms. The smallest absolute Gasteiger partial charge is 0.410 e. The third-order valence-electron chi connectivity index (χ3n) is 3.38. The number of ether oxygens (including phenoxy) is 1. The van der Waals surface area contributed by atoms with E-state index in [1.807, 2.05) is 23.6 Å². The molecule has 0 unspecified atom stereocenters. The number of Topliss-reactive ketones (excluding diaryl/α,β-unsaturated/α-hetero) is 1. The largest absolute Gasteiger partial charge is 0.444 e. The first-order chi connectivity index (χ1) is 10.2. The van der Waals surface area contributed by atoms with Crippen LogP contribution in [0, 0.1) is 0 Å². The fourth-order valence-electron chi connectivity index (χ4n) is 2.03. The Balaban J connectivity index is 2.15. The highest BCUT2D eigenvalue weighted by Gasteiger charge is 2.27. The monoisotopic (exact) mass is 319 g/mol. The summed E-state index contributed by atoms with van der Waals surface area (Å²) in [6.45, 7) is 7.12. The highest BCUT2D eigenvalue weighted by Crippen LogP contribution is 2.23. The molecule has 4 nitrogen and oxygen atoms in total. The molecule has 0 aliphatic rings. The van der Waals surface area contributed by atoms with Gasteiger partial charge in [0.1, 0.15) is 5.60 Å². The molecule has 118 valence electrons. The average Bonchev–Trinajstić information content (AvgIpc) is 2.90. The van der Waals surface area contributed by atoms with E-state index in [1.54, 1.807) is 52.1 Å². The third-order valence-corrected chi connectivity index (χ3v) is 4.28. The lowest BCUT2D eigenvalue weighted by Gasteiger charge is -2.28. The maximum absolute atomic E-state index is 12.6. The van der Waals surface area contributed by atoms with Gasteiger partial charge in [0.15, 0.2) is 5.78 Å². The van der Waals surface area contributed by atoms with Crippen LogP contribution >= 0.6 is 11.3 Å². The molecular weight excluding hydrogens is 298 g/mol. The van der Waals surface area contributed by atoms with Crippen LogP contribution in [-0.4, -0.2) is 35.5 Å². The zero-order chi connectivity index (χ0) is 16.5. The van der Waals surface area contributed by atoms with E-state index in [2.05, 4.69) is 0 Å². The second-order valence-corrected chi connectivity index (χ2v) is 7.25. The number of amides is 1. The number of carbonyl (C=O) groups excluding carboxylic acids is 2. The normalized spacial score (nSPS) is 13.0. The molecule has 1 amide bonds. The Labute approximate surface area is 134 Å². The summed E-state index contributed by atoms with van der Waals surface area (Å²) in [6.07, 6.45) is -0.495. The van der Waals surface area contributed by atoms with Crippen molar-refractivity contribution in [1.82, 2.24) is 4.90 Å². The van der Waals surface area contributed by atoms with Crippen molar-refractivity contribution in [3.8, 4) is 0 Å². The Morgan fingerprint density at radius 2 is 1.91 bits per heavy atom. The molecular formula is C17H21NO3S. The molecule has 1 heterocycles. The number of benzene rings is 1. The Hall–Kier alpha value is -1.88. The lowest BCUT2D eigenvalue weighted by molar-refractivity contribution is 0.0231. The van der Waals surface area contributed by atoms with Crippen molar-refractivity contribution in [3.63, 3.8) is 0 Å². The van der Waals surface area contributed by atoms with E-state index in [4.69, 9.17) is 4.74 Å². The SMILES string of the molecule is C[C@@H](C(=O)c1ccc2sccc2c1)N(C)C(=O)OC(C)(C)C. The van der Waals surface area contributed by atoms with Crippen LogP contribution in [0.15, 0.2) is 29.6 Å². The van der Waals surface area contributed by atoms with E-state index in [-0.39, 0.29) is 5.78 Å². The van der Waals surface area contributed by atoms with E-state index in [0.29, 0.717) is 5.56 Å². The second-order valence-electron chi connectivity index (χ2n) is 6.30. The quantitative estimate of drug-likeness (QED) is 0.791. The van der Waals surface area contributed by atoms with E-state index >= 15 is 0 Å². The van der Waals surface area contributed by atoms with Crippen LogP contribution in [0.4, 0.5) is 4.79 Å². The van der Waals surface area contributed by atoms with Crippen molar-refractivity contribution in [2.45, 2.75) is 39.3 Å². The molecule has 0 radical (unpaired) electrons. The minimum Gasteiger partial charge on any atom is -0.444 e. The Bertz CT molecular complexity index is 699. The molecule has 0 saturated heterocycles. The predicted molar refractivity (Wildman–Crippen MR) is 89.6 cm³/mol. The van der Waals surface area contributed by atoms with Crippen LogP contribution in [0.5, 0.6) is 0 Å². The van der Waals surface area contributed by atoms with E-state index in [1.165, 1.54) is 4.90 Å². The molecule has 0 spiro atoms. The van der Waals surface area contributed by atoms with E-state index < -0.39 is 17.7 Å². The van der Waals surface area contributed by atoms with Crippen molar-refractivity contribution >= 4 is 33.3 Å². The number of nitrogens with zero attached hydrogens (tertiary/aromatic N) is 1. The fourth-order valence-corrected chi connectivity index (χ4v) is 2.80. The lowest BCUT2D eigenvalue weighted by Crippen LogP contribution is -2.43. The molecule has 1 aromatic carbocycles. The number of fused-ring (bicyclic) bond motifs is 1. The summed E-state index contributed by atoms with van der Waals surface area (Å²) < 4.78 is 6.44. The van der Waals surface area contributed by atoms with Gasteiger partial charge < -0.3 is 9.64 Å². The molecule has 2 rings (SSSR count). The van der Waals surface area contributed by atoms with Crippen LogP contribution in [0.2, 0.25) is 0 Å².